The van der Waals surface area contributed by atoms with Crippen molar-refractivity contribution in [1.29, 1.82) is 0 Å². The summed E-state index contributed by atoms with van der Waals surface area (Å²) in [4.78, 5) is 8.40. The first kappa shape index (κ1) is 14.8. The first-order valence-corrected chi connectivity index (χ1v) is 8.24. The lowest BCUT2D eigenvalue weighted by molar-refractivity contribution is 0.426. The van der Waals surface area contributed by atoms with Crippen molar-refractivity contribution in [3.8, 4) is 0 Å². The van der Waals surface area contributed by atoms with Crippen molar-refractivity contribution in [2.24, 2.45) is 5.92 Å². The Morgan fingerprint density at radius 3 is 2.95 bits per heavy atom. The third-order valence-electron chi connectivity index (χ3n) is 3.59. The van der Waals surface area contributed by atoms with Gasteiger partial charge in [0, 0.05) is 36.2 Å². The molecule has 1 saturated heterocycles. The van der Waals surface area contributed by atoms with Crippen molar-refractivity contribution < 1.29 is 0 Å². The fraction of sp³-hybridized carbons (Fsp3) is 0.800. The molecule has 0 saturated carbocycles. The van der Waals surface area contributed by atoms with E-state index in [9.17, 15) is 0 Å². The summed E-state index contributed by atoms with van der Waals surface area (Å²) in [6.07, 6.45) is 6.03. The molecule has 1 aliphatic rings. The van der Waals surface area contributed by atoms with E-state index < -0.39 is 0 Å². The Labute approximate surface area is 121 Å². The summed E-state index contributed by atoms with van der Waals surface area (Å²) in [7, 11) is 0. The second kappa shape index (κ2) is 6.23. The van der Waals surface area contributed by atoms with Crippen molar-refractivity contribution in [1.82, 2.24) is 10.3 Å². The number of anilines is 1. The highest BCUT2D eigenvalue weighted by molar-refractivity contribution is 7.15. The number of nitrogens with zero attached hydrogens (tertiary/aromatic N) is 2. The van der Waals surface area contributed by atoms with Crippen molar-refractivity contribution >= 4 is 16.5 Å². The van der Waals surface area contributed by atoms with Gasteiger partial charge in [-0.15, -0.1) is 11.3 Å². The Bertz CT molecular complexity index is 394. The summed E-state index contributed by atoms with van der Waals surface area (Å²) in [5.41, 5.74) is 0.171. The van der Waals surface area contributed by atoms with Crippen LogP contribution in [0.15, 0.2) is 6.20 Å². The highest BCUT2D eigenvalue weighted by atomic mass is 32.1. The molecule has 1 unspecified atom stereocenters. The summed E-state index contributed by atoms with van der Waals surface area (Å²) < 4.78 is 0. The third kappa shape index (κ3) is 4.46. The average molecular weight is 281 g/mol. The second-order valence-corrected chi connectivity index (χ2v) is 7.70. The molecule has 0 spiro atoms. The van der Waals surface area contributed by atoms with E-state index in [1.807, 2.05) is 17.5 Å². The highest BCUT2D eigenvalue weighted by Crippen LogP contribution is 2.29. The summed E-state index contributed by atoms with van der Waals surface area (Å²) in [5.74, 6) is 0.880. The standard InChI is InChI=1S/C15H27N3S/c1-5-6-12-7-8-18(11-12)14-16-9-13(19-14)10-17-15(2,3)4/h9,12,17H,5-8,10-11H2,1-4H3. The molecule has 3 nitrogen and oxygen atoms in total. The maximum Gasteiger partial charge on any atom is 0.185 e. The van der Waals surface area contributed by atoms with E-state index in [0.29, 0.717) is 0 Å². The van der Waals surface area contributed by atoms with Gasteiger partial charge in [0.05, 0.1) is 0 Å². The predicted molar refractivity (Wildman–Crippen MR) is 83.9 cm³/mol. The number of hydrogen-bond acceptors (Lipinski definition) is 4. The van der Waals surface area contributed by atoms with Gasteiger partial charge in [-0.25, -0.2) is 4.98 Å². The first-order valence-electron chi connectivity index (χ1n) is 7.42. The number of hydrogen-bond donors (Lipinski definition) is 1. The Morgan fingerprint density at radius 1 is 1.47 bits per heavy atom. The fourth-order valence-corrected chi connectivity index (χ4v) is 3.41. The topological polar surface area (TPSA) is 28.2 Å². The zero-order valence-electron chi connectivity index (χ0n) is 12.7. The number of nitrogens with one attached hydrogen (secondary N) is 1. The molecule has 1 aromatic heterocycles. The van der Waals surface area contributed by atoms with E-state index in [-0.39, 0.29) is 5.54 Å². The average Bonchev–Trinajstić information content (AvgIpc) is 2.93. The molecule has 19 heavy (non-hydrogen) atoms. The summed E-state index contributed by atoms with van der Waals surface area (Å²) >= 11 is 1.84. The van der Waals surface area contributed by atoms with Crippen molar-refractivity contribution in [3.05, 3.63) is 11.1 Å². The molecule has 1 atom stereocenters. The smallest absolute Gasteiger partial charge is 0.185 e. The van der Waals surface area contributed by atoms with Gasteiger partial charge in [-0.2, -0.15) is 0 Å². The second-order valence-electron chi connectivity index (χ2n) is 6.60. The molecule has 2 rings (SSSR count). The highest BCUT2D eigenvalue weighted by Gasteiger charge is 2.23. The molecule has 1 aromatic rings. The Balaban J connectivity index is 1.87. The Kier molecular flexibility index (Phi) is 4.85. The zero-order valence-corrected chi connectivity index (χ0v) is 13.5. The van der Waals surface area contributed by atoms with Crippen LogP contribution in [-0.4, -0.2) is 23.6 Å². The number of aromatic nitrogens is 1. The van der Waals surface area contributed by atoms with Gasteiger partial charge in [0.1, 0.15) is 0 Å². The van der Waals surface area contributed by atoms with Crippen molar-refractivity contribution in [2.75, 3.05) is 18.0 Å². The largest absolute Gasteiger partial charge is 0.348 e. The van der Waals surface area contributed by atoms with Gasteiger partial charge in [0.25, 0.3) is 0 Å². The molecule has 1 aliphatic heterocycles. The monoisotopic (exact) mass is 281 g/mol. The minimum absolute atomic E-state index is 0.171. The molecule has 0 amide bonds. The van der Waals surface area contributed by atoms with Crippen molar-refractivity contribution in [2.45, 2.75) is 59.0 Å². The molecular formula is C15H27N3S. The SMILES string of the molecule is CCCC1CCN(c2ncc(CNC(C)(C)C)s2)C1. The minimum Gasteiger partial charge on any atom is -0.348 e. The summed E-state index contributed by atoms with van der Waals surface area (Å²) in [6, 6.07) is 0. The van der Waals surface area contributed by atoms with Crippen LogP contribution in [0.1, 0.15) is 51.8 Å². The van der Waals surface area contributed by atoms with Gasteiger partial charge in [-0.1, -0.05) is 13.3 Å². The van der Waals surface area contributed by atoms with Crippen LogP contribution in [0.5, 0.6) is 0 Å². The maximum absolute atomic E-state index is 4.60. The summed E-state index contributed by atoms with van der Waals surface area (Å²) in [6.45, 7) is 12.2. The molecule has 0 aliphatic carbocycles. The van der Waals surface area contributed by atoms with E-state index in [2.05, 4.69) is 42.9 Å². The molecule has 108 valence electrons. The van der Waals surface area contributed by atoms with Crippen LogP contribution in [0, 0.1) is 5.92 Å². The van der Waals surface area contributed by atoms with Crippen LogP contribution in [0.2, 0.25) is 0 Å². The van der Waals surface area contributed by atoms with Crippen LogP contribution in [0.4, 0.5) is 5.13 Å². The zero-order chi connectivity index (χ0) is 13.9. The molecule has 1 N–H and O–H groups in total. The van der Waals surface area contributed by atoms with Crippen LogP contribution in [0.25, 0.3) is 0 Å². The van der Waals surface area contributed by atoms with E-state index >= 15 is 0 Å². The van der Waals surface area contributed by atoms with Crippen molar-refractivity contribution in [3.63, 3.8) is 0 Å². The quantitative estimate of drug-likeness (QED) is 0.893. The molecule has 2 heterocycles. The molecular weight excluding hydrogens is 254 g/mol. The Morgan fingerprint density at radius 2 is 2.26 bits per heavy atom. The molecule has 0 bridgehead atoms. The molecule has 4 heteroatoms. The Hall–Kier alpha value is -0.610. The maximum atomic E-state index is 4.60. The van der Waals surface area contributed by atoms with Gasteiger partial charge < -0.3 is 10.2 Å². The van der Waals surface area contributed by atoms with Crippen LogP contribution in [-0.2, 0) is 6.54 Å². The van der Waals surface area contributed by atoms with Gasteiger partial charge in [-0.05, 0) is 39.5 Å². The molecule has 1 fully saturated rings. The lowest BCUT2D eigenvalue weighted by atomic mass is 10.0. The predicted octanol–water partition coefficient (Wildman–Crippen LogP) is 3.66. The normalized spacial score (nSPS) is 20.2. The van der Waals surface area contributed by atoms with Crippen LogP contribution >= 0.6 is 11.3 Å². The van der Waals surface area contributed by atoms with E-state index in [1.165, 1.54) is 42.4 Å². The third-order valence-corrected chi connectivity index (χ3v) is 4.65. The van der Waals surface area contributed by atoms with Gasteiger partial charge in [0.15, 0.2) is 5.13 Å². The fourth-order valence-electron chi connectivity index (χ4n) is 2.53. The van der Waals surface area contributed by atoms with Gasteiger partial charge in [-0.3, -0.25) is 0 Å². The lowest BCUT2D eigenvalue weighted by Crippen LogP contribution is -2.34. The number of thiazole rings is 1. The van der Waals surface area contributed by atoms with E-state index in [1.54, 1.807) is 0 Å². The molecule has 0 aromatic carbocycles. The first-order chi connectivity index (χ1) is 8.98. The minimum atomic E-state index is 0.171. The van der Waals surface area contributed by atoms with Crippen LogP contribution < -0.4 is 10.2 Å². The molecule has 0 radical (unpaired) electrons. The van der Waals surface area contributed by atoms with Gasteiger partial charge in [0.2, 0.25) is 0 Å². The number of rotatable bonds is 5. The van der Waals surface area contributed by atoms with Crippen LogP contribution in [0.3, 0.4) is 0 Å². The summed E-state index contributed by atoms with van der Waals surface area (Å²) in [5, 5.41) is 4.74. The van der Waals surface area contributed by atoms with E-state index in [4.69, 9.17) is 0 Å². The lowest BCUT2D eigenvalue weighted by Gasteiger charge is -2.19. The van der Waals surface area contributed by atoms with E-state index in [0.717, 1.165) is 12.5 Å². The van der Waals surface area contributed by atoms with Gasteiger partial charge >= 0.3 is 0 Å².